The Labute approximate surface area is 130 Å². The van der Waals surface area contributed by atoms with Gasteiger partial charge in [-0.05, 0) is 36.5 Å². The van der Waals surface area contributed by atoms with Gasteiger partial charge in [-0.1, -0.05) is 27.5 Å². The van der Waals surface area contributed by atoms with Crippen LogP contribution in [0.4, 0.5) is 5.69 Å². The van der Waals surface area contributed by atoms with E-state index in [4.69, 9.17) is 23.8 Å². The SMILES string of the molecule is Cn1nccc1CNC(=S)Nc1ccc(Br)cc1Cl. The lowest BCUT2D eigenvalue weighted by Crippen LogP contribution is -2.28. The monoisotopic (exact) mass is 358 g/mol. The standard InChI is InChI=1S/C12H12BrClN4S/c1-18-9(4-5-16-18)7-15-12(19)17-11-3-2-8(13)6-10(11)14/h2-6H,7H2,1H3,(H2,15,17,19). The Morgan fingerprint density at radius 3 is 2.89 bits per heavy atom. The second kappa shape index (κ2) is 6.36. The number of halogens is 2. The predicted molar refractivity (Wildman–Crippen MR) is 85.4 cm³/mol. The van der Waals surface area contributed by atoms with Gasteiger partial charge in [-0.15, -0.1) is 0 Å². The molecule has 0 fully saturated rings. The maximum Gasteiger partial charge on any atom is 0.171 e. The molecule has 2 N–H and O–H groups in total. The van der Waals surface area contributed by atoms with E-state index in [1.54, 1.807) is 10.9 Å². The van der Waals surface area contributed by atoms with E-state index in [-0.39, 0.29) is 0 Å². The van der Waals surface area contributed by atoms with Gasteiger partial charge in [0, 0.05) is 17.7 Å². The number of benzene rings is 1. The third kappa shape index (κ3) is 3.92. The van der Waals surface area contributed by atoms with Gasteiger partial charge in [0.1, 0.15) is 0 Å². The van der Waals surface area contributed by atoms with Crippen molar-refractivity contribution in [2.24, 2.45) is 7.05 Å². The molecule has 100 valence electrons. The normalized spacial score (nSPS) is 10.3. The van der Waals surface area contributed by atoms with Gasteiger partial charge in [0.25, 0.3) is 0 Å². The van der Waals surface area contributed by atoms with Gasteiger partial charge in [0.05, 0.1) is 22.9 Å². The summed E-state index contributed by atoms with van der Waals surface area (Å²) in [4.78, 5) is 0. The lowest BCUT2D eigenvalue weighted by molar-refractivity contribution is 0.695. The highest BCUT2D eigenvalue weighted by Crippen LogP contribution is 2.25. The molecule has 0 aliphatic carbocycles. The zero-order valence-electron chi connectivity index (χ0n) is 10.2. The van der Waals surface area contributed by atoms with Crippen LogP contribution in [0.3, 0.4) is 0 Å². The Kier molecular flexibility index (Phi) is 4.79. The Morgan fingerprint density at radius 2 is 2.26 bits per heavy atom. The molecule has 0 aliphatic heterocycles. The summed E-state index contributed by atoms with van der Waals surface area (Å²) in [5.74, 6) is 0. The molecule has 2 rings (SSSR count). The van der Waals surface area contributed by atoms with Crippen LogP contribution >= 0.6 is 39.7 Å². The molecular formula is C12H12BrClN4S. The lowest BCUT2D eigenvalue weighted by atomic mass is 10.3. The summed E-state index contributed by atoms with van der Waals surface area (Å²) in [6.45, 7) is 0.608. The van der Waals surface area contributed by atoms with Gasteiger partial charge >= 0.3 is 0 Å². The second-order valence-corrected chi connectivity index (χ2v) is 5.61. The van der Waals surface area contributed by atoms with E-state index in [0.29, 0.717) is 16.7 Å². The summed E-state index contributed by atoms with van der Waals surface area (Å²) in [6, 6.07) is 7.51. The molecule has 7 heteroatoms. The van der Waals surface area contributed by atoms with E-state index in [1.165, 1.54) is 0 Å². The number of aryl methyl sites for hydroxylation is 1. The zero-order chi connectivity index (χ0) is 13.8. The van der Waals surface area contributed by atoms with Crippen molar-refractivity contribution < 1.29 is 0 Å². The quantitative estimate of drug-likeness (QED) is 0.825. The molecule has 19 heavy (non-hydrogen) atoms. The lowest BCUT2D eigenvalue weighted by Gasteiger charge is -2.12. The summed E-state index contributed by atoms with van der Waals surface area (Å²) in [6.07, 6.45) is 1.75. The van der Waals surface area contributed by atoms with Crippen LogP contribution in [-0.4, -0.2) is 14.9 Å². The average molecular weight is 360 g/mol. The minimum atomic E-state index is 0.519. The highest BCUT2D eigenvalue weighted by Gasteiger charge is 2.04. The highest BCUT2D eigenvalue weighted by molar-refractivity contribution is 9.10. The smallest absolute Gasteiger partial charge is 0.171 e. The van der Waals surface area contributed by atoms with Crippen LogP contribution in [0.25, 0.3) is 0 Å². The molecule has 0 spiro atoms. The van der Waals surface area contributed by atoms with Gasteiger partial charge in [0.2, 0.25) is 0 Å². The van der Waals surface area contributed by atoms with Crippen molar-refractivity contribution in [3.8, 4) is 0 Å². The molecular weight excluding hydrogens is 348 g/mol. The molecule has 0 aliphatic rings. The van der Waals surface area contributed by atoms with E-state index in [0.717, 1.165) is 15.9 Å². The molecule has 0 bridgehead atoms. The molecule has 0 amide bonds. The Balaban J connectivity index is 1.93. The van der Waals surface area contributed by atoms with Gasteiger partial charge in [-0.2, -0.15) is 5.10 Å². The number of nitrogens with one attached hydrogen (secondary N) is 2. The number of aromatic nitrogens is 2. The van der Waals surface area contributed by atoms with Gasteiger partial charge < -0.3 is 10.6 Å². The van der Waals surface area contributed by atoms with Crippen molar-refractivity contribution in [1.82, 2.24) is 15.1 Å². The van der Waals surface area contributed by atoms with Crippen LogP contribution in [0.5, 0.6) is 0 Å². The first-order valence-electron chi connectivity index (χ1n) is 5.53. The topological polar surface area (TPSA) is 41.9 Å². The minimum Gasteiger partial charge on any atom is -0.357 e. The van der Waals surface area contributed by atoms with Crippen molar-refractivity contribution in [1.29, 1.82) is 0 Å². The third-order valence-electron chi connectivity index (χ3n) is 2.53. The zero-order valence-corrected chi connectivity index (χ0v) is 13.3. The van der Waals surface area contributed by atoms with Crippen LogP contribution in [0.2, 0.25) is 5.02 Å². The first kappa shape index (κ1) is 14.3. The first-order chi connectivity index (χ1) is 9.06. The van der Waals surface area contributed by atoms with Crippen LogP contribution in [0, 0.1) is 0 Å². The number of hydrogen-bond donors (Lipinski definition) is 2. The van der Waals surface area contributed by atoms with E-state index >= 15 is 0 Å². The summed E-state index contributed by atoms with van der Waals surface area (Å²) in [7, 11) is 1.89. The summed E-state index contributed by atoms with van der Waals surface area (Å²) < 4.78 is 2.72. The van der Waals surface area contributed by atoms with Crippen LogP contribution in [-0.2, 0) is 13.6 Å². The molecule has 1 aromatic carbocycles. The Morgan fingerprint density at radius 1 is 1.47 bits per heavy atom. The van der Waals surface area contributed by atoms with Gasteiger partial charge in [0.15, 0.2) is 5.11 Å². The molecule has 0 saturated heterocycles. The van der Waals surface area contributed by atoms with Crippen LogP contribution in [0.15, 0.2) is 34.9 Å². The highest BCUT2D eigenvalue weighted by atomic mass is 79.9. The molecule has 0 saturated carbocycles. The first-order valence-corrected chi connectivity index (χ1v) is 7.11. The Bertz CT molecular complexity index is 599. The molecule has 1 heterocycles. The number of hydrogen-bond acceptors (Lipinski definition) is 2. The largest absolute Gasteiger partial charge is 0.357 e. The fourth-order valence-corrected chi connectivity index (χ4v) is 2.41. The van der Waals surface area contributed by atoms with E-state index in [1.807, 2.05) is 31.3 Å². The van der Waals surface area contributed by atoms with Crippen molar-refractivity contribution >= 4 is 50.5 Å². The van der Waals surface area contributed by atoms with Gasteiger partial charge in [-0.3, -0.25) is 4.68 Å². The van der Waals surface area contributed by atoms with E-state index in [2.05, 4.69) is 31.7 Å². The third-order valence-corrected chi connectivity index (χ3v) is 3.58. The molecule has 0 radical (unpaired) electrons. The van der Waals surface area contributed by atoms with E-state index in [9.17, 15) is 0 Å². The summed E-state index contributed by atoms with van der Waals surface area (Å²) >= 11 is 14.7. The maximum absolute atomic E-state index is 6.10. The summed E-state index contributed by atoms with van der Waals surface area (Å²) in [5.41, 5.74) is 1.82. The average Bonchev–Trinajstić information content (AvgIpc) is 2.76. The van der Waals surface area contributed by atoms with Crippen LogP contribution in [0.1, 0.15) is 5.69 Å². The molecule has 0 unspecified atom stereocenters. The number of nitrogens with zero attached hydrogens (tertiary/aromatic N) is 2. The number of anilines is 1. The second-order valence-electron chi connectivity index (χ2n) is 3.88. The fraction of sp³-hybridized carbons (Fsp3) is 0.167. The molecule has 4 nitrogen and oxygen atoms in total. The van der Waals surface area contributed by atoms with Crippen molar-refractivity contribution in [2.75, 3.05) is 5.32 Å². The van der Waals surface area contributed by atoms with Crippen molar-refractivity contribution in [3.63, 3.8) is 0 Å². The number of rotatable bonds is 3. The molecule has 2 aromatic rings. The Hall–Kier alpha value is -1.11. The fourth-order valence-electron chi connectivity index (χ4n) is 1.50. The van der Waals surface area contributed by atoms with Crippen molar-refractivity contribution in [2.45, 2.75) is 6.54 Å². The molecule has 0 atom stereocenters. The van der Waals surface area contributed by atoms with Gasteiger partial charge in [-0.25, -0.2) is 0 Å². The maximum atomic E-state index is 6.10. The predicted octanol–water partition coefficient (Wildman–Crippen LogP) is 3.32. The van der Waals surface area contributed by atoms with E-state index < -0.39 is 0 Å². The van der Waals surface area contributed by atoms with Crippen LogP contribution < -0.4 is 10.6 Å². The van der Waals surface area contributed by atoms with Crippen molar-refractivity contribution in [3.05, 3.63) is 45.7 Å². The minimum absolute atomic E-state index is 0.519. The summed E-state index contributed by atoms with van der Waals surface area (Å²) in [5, 5.41) is 11.4. The number of thiocarbonyl (C=S) groups is 1. The molecule has 1 aromatic heterocycles.